The number of hydrogen-bond donors (Lipinski definition) is 1. The molecule has 1 aliphatic rings. The molecule has 2 rings (SSSR count). The van der Waals surface area contributed by atoms with E-state index in [0.29, 0.717) is 10.8 Å². The summed E-state index contributed by atoms with van der Waals surface area (Å²) >= 11 is 5.88. The second kappa shape index (κ2) is 3.99. The van der Waals surface area contributed by atoms with Crippen LogP contribution in [0, 0.1) is 5.82 Å². The molecule has 0 aliphatic carbocycles. The van der Waals surface area contributed by atoms with Crippen LogP contribution in [0.1, 0.15) is 13.3 Å². The summed E-state index contributed by atoms with van der Waals surface area (Å²) in [6, 6.07) is 4.19. The zero-order chi connectivity index (χ0) is 10.9. The van der Waals surface area contributed by atoms with Crippen LogP contribution in [0.3, 0.4) is 0 Å². The lowest BCUT2D eigenvalue weighted by Gasteiger charge is -2.25. The van der Waals surface area contributed by atoms with Crippen LogP contribution in [0.4, 0.5) is 4.39 Å². The van der Waals surface area contributed by atoms with Gasteiger partial charge in [0.05, 0.1) is 5.02 Å². The van der Waals surface area contributed by atoms with Crippen LogP contribution in [-0.4, -0.2) is 18.7 Å². The fourth-order valence-corrected chi connectivity index (χ4v) is 1.91. The monoisotopic (exact) mass is 229 g/mol. The van der Waals surface area contributed by atoms with Crippen LogP contribution in [0.2, 0.25) is 5.02 Å². The molecule has 1 N–H and O–H groups in total. The van der Waals surface area contributed by atoms with E-state index in [0.717, 1.165) is 19.5 Å². The molecule has 82 valence electrons. The van der Waals surface area contributed by atoms with Crippen molar-refractivity contribution in [2.24, 2.45) is 0 Å². The molecule has 0 radical (unpaired) electrons. The summed E-state index contributed by atoms with van der Waals surface area (Å²) in [5.41, 5.74) is -0.235. The molecule has 1 fully saturated rings. The first-order valence-electron chi connectivity index (χ1n) is 4.94. The summed E-state index contributed by atoms with van der Waals surface area (Å²) < 4.78 is 18.6. The van der Waals surface area contributed by atoms with Crippen molar-refractivity contribution in [1.29, 1.82) is 0 Å². The van der Waals surface area contributed by atoms with Gasteiger partial charge in [0, 0.05) is 13.0 Å². The maximum absolute atomic E-state index is 12.8. The Kier molecular flexibility index (Phi) is 2.85. The highest BCUT2D eigenvalue weighted by molar-refractivity contribution is 6.32. The van der Waals surface area contributed by atoms with E-state index in [1.165, 1.54) is 12.1 Å². The SMILES string of the molecule is CC1(Oc2ccc(F)cc2Cl)CCNC1. The van der Waals surface area contributed by atoms with Gasteiger partial charge in [-0.3, -0.25) is 0 Å². The predicted octanol–water partition coefficient (Wildman–Crippen LogP) is 2.61. The Labute approximate surface area is 93.4 Å². The molecule has 1 aromatic rings. The molecule has 0 bridgehead atoms. The average Bonchev–Trinajstić information content (AvgIpc) is 2.58. The van der Waals surface area contributed by atoms with Gasteiger partial charge in [0.25, 0.3) is 0 Å². The smallest absolute Gasteiger partial charge is 0.139 e. The molecule has 1 saturated heterocycles. The van der Waals surface area contributed by atoms with E-state index in [4.69, 9.17) is 16.3 Å². The molecule has 0 spiro atoms. The maximum Gasteiger partial charge on any atom is 0.139 e. The Balaban J connectivity index is 2.16. The lowest BCUT2D eigenvalue weighted by Crippen LogP contribution is -2.34. The van der Waals surface area contributed by atoms with Gasteiger partial charge >= 0.3 is 0 Å². The van der Waals surface area contributed by atoms with Gasteiger partial charge in [-0.25, -0.2) is 4.39 Å². The Bertz CT molecular complexity index is 364. The van der Waals surface area contributed by atoms with E-state index in [1.54, 1.807) is 6.07 Å². The molecule has 1 unspecified atom stereocenters. The zero-order valence-electron chi connectivity index (χ0n) is 8.52. The molecule has 2 nitrogen and oxygen atoms in total. The fraction of sp³-hybridized carbons (Fsp3) is 0.455. The summed E-state index contributed by atoms with van der Waals surface area (Å²) in [6.45, 7) is 3.75. The van der Waals surface area contributed by atoms with Crippen molar-refractivity contribution in [1.82, 2.24) is 5.32 Å². The number of ether oxygens (including phenoxy) is 1. The van der Waals surface area contributed by atoms with Crippen molar-refractivity contribution in [3.63, 3.8) is 0 Å². The lowest BCUT2D eigenvalue weighted by molar-refractivity contribution is 0.111. The van der Waals surface area contributed by atoms with Crippen molar-refractivity contribution in [3.8, 4) is 5.75 Å². The van der Waals surface area contributed by atoms with Gasteiger partial charge in [-0.15, -0.1) is 0 Å². The summed E-state index contributed by atoms with van der Waals surface area (Å²) in [5.74, 6) is 0.200. The zero-order valence-corrected chi connectivity index (χ0v) is 9.27. The van der Waals surface area contributed by atoms with Gasteiger partial charge in [0.1, 0.15) is 17.2 Å². The normalized spacial score (nSPS) is 25.5. The maximum atomic E-state index is 12.8. The molecule has 15 heavy (non-hydrogen) atoms. The van der Waals surface area contributed by atoms with Crippen molar-refractivity contribution >= 4 is 11.6 Å². The van der Waals surface area contributed by atoms with E-state index < -0.39 is 0 Å². The number of nitrogens with one attached hydrogen (secondary N) is 1. The molecule has 1 aromatic carbocycles. The van der Waals surface area contributed by atoms with Crippen molar-refractivity contribution in [3.05, 3.63) is 29.0 Å². The summed E-state index contributed by atoms with van der Waals surface area (Å²) in [6.07, 6.45) is 0.931. The first-order valence-corrected chi connectivity index (χ1v) is 5.32. The highest BCUT2D eigenvalue weighted by Gasteiger charge is 2.31. The van der Waals surface area contributed by atoms with Crippen LogP contribution in [0.25, 0.3) is 0 Å². The Morgan fingerprint density at radius 2 is 2.33 bits per heavy atom. The Morgan fingerprint density at radius 3 is 2.93 bits per heavy atom. The first kappa shape index (κ1) is 10.7. The standard InChI is InChI=1S/C11H13ClFNO/c1-11(4-5-14-7-11)15-10-3-2-8(13)6-9(10)12/h2-3,6,14H,4-5,7H2,1H3. The van der Waals surface area contributed by atoms with Crippen LogP contribution in [0.15, 0.2) is 18.2 Å². The topological polar surface area (TPSA) is 21.3 Å². The summed E-state index contributed by atoms with van der Waals surface area (Å²) in [7, 11) is 0. The van der Waals surface area contributed by atoms with E-state index in [2.05, 4.69) is 5.32 Å². The predicted molar refractivity (Wildman–Crippen MR) is 57.9 cm³/mol. The van der Waals surface area contributed by atoms with Crippen LogP contribution in [-0.2, 0) is 0 Å². The third-order valence-electron chi connectivity index (χ3n) is 2.58. The van der Waals surface area contributed by atoms with Crippen molar-refractivity contribution in [2.45, 2.75) is 18.9 Å². The van der Waals surface area contributed by atoms with Gasteiger partial charge in [0.15, 0.2) is 0 Å². The van der Waals surface area contributed by atoms with Crippen molar-refractivity contribution < 1.29 is 9.13 Å². The Morgan fingerprint density at radius 1 is 1.53 bits per heavy atom. The molecule has 1 atom stereocenters. The van der Waals surface area contributed by atoms with E-state index in [-0.39, 0.29) is 11.4 Å². The first-order chi connectivity index (χ1) is 7.09. The second-order valence-corrected chi connectivity index (χ2v) is 4.46. The molecule has 4 heteroatoms. The number of rotatable bonds is 2. The van der Waals surface area contributed by atoms with E-state index in [1.807, 2.05) is 6.92 Å². The highest BCUT2D eigenvalue weighted by atomic mass is 35.5. The third-order valence-corrected chi connectivity index (χ3v) is 2.88. The van der Waals surface area contributed by atoms with E-state index >= 15 is 0 Å². The average molecular weight is 230 g/mol. The number of benzene rings is 1. The molecule has 1 aliphatic heterocycles. The fourth-order valence-electron chi connectivity index (χ4n) is 1.70. The quantitative estimate of drug-likeness (QED) is 0.842. The third kappa shape index (κ3) is 2.41. The van der Waals surface area contributed by atoms with E-state index in [9.17, 15) is 4.39 Å². The van der Waals surface area contributed by atoms with Gasteiger partial charge in [0.2, 0.25) is 0 Å². The summed E-state index contributed by atoms with van der Waals surface area (Å²) in [5, 5.41) is 3.54. The highest BCUT2D eigenvalue weighted by Crippen LogP contribution is 2.30. The second-order valence-electron chi connectivity index (χ2n) is 4.05. The minimum Gasteiger partial charge on any atom is -0.485 e. The lowest BCUT2D eigenvalue weighted by atomic mass is 10.1. The van der Waals surface area contributed by atoms with Crippen LogP contribution < -0.4 is 10.1 Å². The molecule has 0 amide bonds. The largest absolute Gasteiger partial charge is 0.485 e. The number of halogens is 2. The van der Waals surface area contributed by atoms with Gasteiger partial charge < -0.3 is 10.1 Å². The van der Waals surface area contributed by atoms with Crippen molar-refractivity contribution in [2.75, 3.05) is 13.1 Å². The van der Waals surface area contributed by atoms with Crippen LogP contribution >= 0.6 is 11.6 Å². The van der Waals surface area contributed by atoms with Crippen LogP contribution in [0.5, 0.6) is 5.75 Å². The minimum absolute atomic E-state index is 0.235. The molecular formula is C11H13ClFNO. The molecule has 0 aromatic heterocycles. The van der Waals surface area contributed by atoms with Gasteiger partial charge in [-0.1, -0.05) is 11.6 Å². The van der Waals surface area contributed by atoms with Gasteiger partial charge in [-0.2, -0.15) is 0 Å². The number of hydrogen-bond acceptors (Lipinski definition) is 2. The minimum atomic E-state index is -0.345. The molecular weight excluding hydrogens is 217 g/mol. The molecule has 0 saturated carbocycles. The Hall–Kier alpha value is -0.800. The summed E-state index contributed by atoms with van der Waals surface area (Å²) in [4.78, 5) is 0. The molecule has 1 heterocycles. The van der Waals surface area contributed by atoms with Gasteiger partial charge in [-0.05, 0) is 31.7 Å².